The summed E-state index contributed by atoms with van der Waals surface area (Å²) >= 11 is 3.40. The number of nitrogens with zero attached hydrogens (tertiary/aromatic N) is 1. The second-order valence-corrected chi connectivity index (χ2v) is 6.03. The predicted molar refractivity (Wildman–Crippen MR) is 79.9 cm³/mol. The Bertz CT molecular complexity index is 470. The van der Waals surface area contributed by atoms with Gasteiger partial charge in [0.05, 0.1) is 5.56 Å². The van der Waals surface area contributed by atoms with Crippen molar-refractivity contribution in [2.24, 2.45) is 11.8 Å². The number of nitriles is 1. The molecule has 1 saturated carbocycles. The Morgan fingerprint density at radius 3 is 2.68 bits per heavy atom. The van der Waals surface area contributed by atoms with E-state index in [1.807, 2.05) is 18.2 Å². The van der Waals surface area contributed by atoms with E-state index in [1.165, 1.54) is 19.3 Å². The number of hydrogen-bond acceptors (Lipinski definition) is 3. The molecule has 4 heteroatoms. The van der Waals surface area contributed by atoms with Crippen LogP contribution in [0.1, 0.15) is 31.2 Å². The second-order valence-electron chi connectivity index (χ2n) is 5.17. The molecule has 2 rings (SSSR count). The van der Waals surface area contributed by atoms with Crippen molar-refractivity contribution in [3.63, 3.8) is 0 Å². The third-order valence-electron chi connectivity index (χ3n) is 3.96. The molecule has 2 N–H and O–H groups in total. The number of rotatable bonds is 4. The number of nitrogens with one attached hydrogen (secondary N) is 1. The fraction of sp³-hybridized carbons (Fsp3) is 0.533. The molecular formula is C15H19BrN2O. The maximum Gasteiger partial charge on any atom is 0.100 e. The van der Waals surface area contributed by atoms with Crippen LogP contribution >= 0.6 is 15.9 Å². The summed E-state index contributed by atoms with van der Waals surface area (Å²) in [6.45, 7) is 1.19. The zero-order valence-electron chi connectivity index (χ0n) is 10.9. The van der Waals surface area contributed by atoms with Crippen molar-refractivity contribution in [2.45, 2.75) is 25.7 Å². The van der Waals surface area contributed by atoms with Crippen LogP contribution in [0.2, 0.25) is 0 Å². The Balaban J connectivity index is 1.94. The van der Waals surface area contributed by atoms with Gasteiger partial charge in [0.15, 0.2) is 0 Å². The molecule has 0 heterocycles. The molecule has 0 aliphatic heterocycles. The summed E-state index contributed by atoms with van der Waals surface area (Å²) in [5.41, 5.74) is 1.67. The van der Waals surface area contributed by atoms with Crippen molar-refractivity contribution in [3.05, 3.63) is 28.2 Å². The molecule has 1 aromatic carbocycles. The van der Waals surface area contributed by atoms with E-state index >= 15 is 0 Å². The standard InChI is InChI=1S/C15H19BrN2O/c16-15-7-14(6-5-11(15)8-17)18-9-12-3-1-2-4-13(12)10-19/h5-7,12-13,18-19H,1-4,9-10H2. The van der Waals surface area contributed by atoms with Gasteiger partial charge in [-0.15, -0.1) is 0 Å². The maximum atomic E-state index is 9.40. The lowest BCUT2D eigenvalue weighted by Crippen LogP contribution is -2.28. The highest BCUT2D eigenvalue weighted by molar-refractivity contribution is 9.10. The number of benzene rings is 1. The van der Waals surface area contributed by atoms with Gasteiger partial charge in [0, 0.05) is 23.3 Å². The Morgan fingerprint density at radius 2 is 2.05 bits per heavy atom. The lowest BCUT2D eigenvalue weighted by molar-refractivity contribution is 0.141. The van der Waals surface area contributed by atoms with Crippen molar-refractivity contribution in [1.82, 2.24) is 0 Å². The molecular weight excluding hydrogens is 304 g/mol. The minimum atomic E-state index is 0.295. The quantitative estimate of drug-likeness (QED) is 0.891. The molecule has 2 unspecified atom stereocenters. The van der Waals surface area contributed by atoms with E-state index in [2.05, 4.69) is 27.3 Å². The van der Waals surface area contributed by atoms with Gasteiger partial charge in [0.2, 0.25) is 0 Å². The smallest absolute Gasteiger partial charge is 0.100 e. The molecule has 1 aliphatic rings. The summed E-state index contributed by atoms with van der Waals surface area (Å²) in [6.07, 6.45) is 4.83. The van der Waals surface area contributed by atoms with Crippen LogP contribution < -0.4 is 5.32 Å². The van der Waals surface area contributed by atoms with Crippen LogP contribution in [0.3, 0.4) is 0 Å². The minimum absolute atomic E-state index is 0.295. The topological polar surface area (TPSA) is 56.0 Å². The molecule has 0 saturated heterocycles. The number of hydrogen-bond donors (Lipinski definition) is 2. The van der Waals surface area contributed by atoms with Gasteiger partial charge >= 0.3 is 0 Å². The van der Waals surface area contributed by atoms with Gasteiger partial charge in [-0.2, -0.15) is 5.26 Å². The predicted octanol–water partition coefficient (Wildman–Crippen LogP) is 3.53. The van der Waals surface area contributed by atoms with Crippen LogP contribution in [-0.2, 0) is 0 Å². The summed E-state index contributed by atoms with van der Waals surface area (Å²) in [5.74, 6) is 0.983. The lowest BCUT2D eigenvalue weighted by Gasteiger charge is -2.30. The van der Waals surface area contributed by atoms with Crippen LogP contribution in [0, 0.1) is 23.2 Å². The average Bonchev–Trinajstić information content (AvgIpc) is 2.45. The highest BCUT2D eigenvalue weighted by Gasteiger charge is 2.24. The summed E-state index contributed by atoms with van der Waals surface area (Å²) in [4.78, 5) is 0. The molecule has 1 aromatic rings. The highest BCUT2D eigenvalue weighted by Crippen LogP contribution is 2.30. The monoisotopic (exact) mass is 322 g/mol. The van der Waals surface area contributed by atoms with E-state index in [0.717, 1.165) is 23.1 Å². The molecule has 0 bridgehead atoms. The fourth-order valence-corrected chi connectivity index (χ4v) is 3.23. The van der Waals surface area contributed by atoms with E-state index in [1.54, 1.807) is 0 Å². The molecule has 0 amide bonds. The van der Waals surface area contributed by atoms with Gasteiger partial charge in [-0.1, -0.05) is 12.8 Å². The van der Waals surface area contributed by atoms with Gasteiger partial charge in [-0.3, -0.25) is 0 Å². The molecule has 0 aromatic heterocycles. The molecule has 3 nitrogen and oxygen atoms in total. The first kappa shape index (κ1) is 14.4. The maximum absolute atomic E-state index is 9.40. The molecule has 19 heavy (non-hydrogen) atoms. The first-order valence-electron chi connectivity index (χ1n) is 6.79. The summed E-state index contributed by atoms with van der Waals surface area (Å²) in [6, 6.07) is 7.82. The van der Waals surface area contributed by atoms with Crippen molar-refractivity contribution in [1.29, 1.82) is 5.26 Å². The largest absolute Gasteiger partial charge is 0.396 e. The Morgan fingerprint density at radius 1 is 1.32 bits per heavy atom. The van der Waals surface area contributed by atoms with Crippen LogP contribution in [0.15, 0.2) is 22.7 Å². The van der Waals surface area contributed by atoms with E-state index in [0.29, 0.717) is 24.0 Å². The van der Waals surface area contributed by atoms with Gasteiger partial charge in [-0.25, -0.2) is 0 Å². The number of aliphatic hydroxyl groups excluding tert-OH is 1. The van der Waals surface area contributed by atoms with Crippen molar-refractivity contribution in [2.75, 3.05) is 18.5 Å². The van der Waals surface area contributed by atoms with Gasteiger partial charge in [-0.05, 0) is 58.8 Å². The number of aliphatic hydroxyl groups is 1. The van der Waals surface area contributed by atoms with E-state index in [-0.39, 0.29) is 0 Å². The minimum Gasteiger partial charge on any atom is -0.396 e. The van der Waals surface area contributed by atoms with Crippen molar-refractivity contribution < 1.29 is 5.11 Å². The van der Waals surface area contributed by atoms with Crippen LogP contribution in [0.25, 0.3) is 0 Å². The molecule has 1 fully saturated rings. The third-order valence-corrected chi connectivity index (χ3v) is 4.62. The molecule has 0 radical (unpaired) electrons. The van der Waals surface area contributed by atoms with Crippen LogP contribution in [0.5, 0.6) is 0 Å². The second kappa shape index (κ2) is 6.93. The SMILES string of the molecule is N#Cc1ccc(NCC2CCCCC2CO)cc1Br. The number of halogens is 1. The fourth-order valence-electron chi connectivity index (χ4n) is 2.76. The average molecular weight is 323 g/mol. The summed E-state index contributed by atoms with van der Waals surface area (Å²) in [7, 11) is 0. The zero-order valence-corrected chi connectivity index (χ0v) is 12.5. The molecule has 2 atom stereocenters. The third kappa shape index (κ3) is 3.71. The van der Waals surface area contributed by atoms with Crippen molar-refractivity contribution in [3.8, 4) is 6.07 Å². The van der Waals surface area contributed by atoms with Gasteiger partial charge in [0.25, 0.3) is 0 Å². The molecule has 102 valence electrons. The normalized spacial score (nSPS) is 22.8. The molecule has 1 aliphatic carbocycles. The Labute approximate surface area is 122 Å². The lowest BCUT2D eigenvalue weighted by atomic mass is 9.79. The summed E-state index contributed by atoms with van der Waals surface area (Å²) in [5, 5.41) is 21.7. The van der Waals surface area contributed by atoms with Gasteiger partial charge < -0.3 is 10.4 Å². The molecule has 0 spiro atoms. The highest BCUT2D eigenvalue weighted by atomic mass is 79.9. The first-order valence-corrected chi connectivity index (χ1v) is 7.58. The zero-order chi connectivity index (χ0) is 13.7. The van der Waals surface area contributed by atoms with E-state index in [9.17, 15) is 5.11 Å². The Hall–Kier alpha value is -1.05. The van der Waals surface area contributed by atoms with E-state index in [4.69, 9.17) is 5.26 Å². The van der Waals surface area contributed by atoms with Crippen LogP contribution in [-0.4, -0.2) is 18.3 Å². The van der Waals surface area contributed by atoms with Crippen LogP contribution in [0.4, 0.5) is 5.69 Å². The van der Waals surface area contributed by atoms with Crippen molar-refractivity contribution >= 4 is 21.6 Å². The van der Waals surface area contributed by atoms with Gasteiger partial charge in [0.1, 0.15) is 6.07 Å². The van der Waals surface area contributed by atoms with E-state index < -0.39 is 0 Å². The summed E-state index contributed by atoms with van der Waals surface area (Å²) < 4.78 is 0.822. The Kier molecular flexibility index (Phi) is 5.24. The first-order chi connectivity index (χ1) is 9.24. The number of anilines is 1.